The third-order valence-electron chi connectivity index (χ3n) is 3.19. The van der Waals surface area contributed by atoms with Crippen LogP contribution in [0.5, 0.6) is 0 Å². The first kappa shape index (κ1) is 14.1. The van der Waals surface area contributed by atoms with Crippen molar-refractivity contribution in [3.05, 3.63) is 60.2 Å². The number of rotatable bonds is 4. The molecule has 0 atom stereocenters. The van der Waals surface area contributed by atoms with Crippen LogP contribution in [0.2, 0.25) is 0 Å². The second-order valence-corrected chi connectivity index (χ2v) is 4.84. The third kappa shape index (κ3) is 3.41. The second kappa shape index (κ2) is 6.26. The summed E-state index contributed by atoms with van der Waals surface area (Å²) in [5.41, 5.74) is 2.43. The Kier molecular flexibility index (Phi) is 4.00. The Labute approximate surface area is 126 Å². The number of para-hydroxylation sites is 2. The summed E-state index contributed by atoms with van der Waals surface area (Å²) in [7, 11) is 0. The van der Waals surface area contributed by atoms with Gasteiger partial charge in [-0.3, -0.25) is 0 Å². The number of hydrogen-bond donors (Lipinski definition) is 3. The van der Waals surface area contributed by atoms with Gasteiger partial charge in [0.1, 0.15) is 11.6 Å². The fourth-order valence-electron chi connectivity index (χ4n) is 2.13. The fourth-order valence-corrected chi connectivity index (χ4v) is 2.13. The van der Waals surface area contributed by atoms with Crippen LogP contribution in [-0.2, 0) is 6.42 Å². The van der Waals surface area contributed by atoms with Gasteiger partial charge in [0.15, 0.2) is 0 Å². The first-order valence-corrected chi connectivity index (χ1v) is 6.95. The monoisotopic (exact) mass is 298 g/mol. The number of benzene rings is 2. The molecule has 0 aliphatic carbocycles. The predicted molar refractivity (Wildman–Crippen MR) is 83.2 cm³/mol. The van der Waals surface area contributed by atoms with E-state index in [0.717, 1.165) is 16.9 Å². The van der Waals surface area contributed by atoms with Gasteiger partial charge in [0, 0.05) is 18.7 Å². The van der Waals surface area contributed by atoms with Crippen LogP contribution < -0.4 is 10.6 Å². The van der Waals surface area contributed by atoms with Crippen LogP contribution in [0, 0.1) is 5.82 Å². The van der Waals surface area contributed by atoms with Crippen LogP contribution >= 0.6 is 0 Å². The van der Waals surface area contributed by atoms with Gasteiger partial charge in [0.2, 0.25) is 0 Å². The molecule has 0 radical (unpaired) electrons. The number of aromatic nitrogens is 2. The van der Waals surface area contributed by atoms with Gasteiger partial charge in [-0.15, -0.1) is 0 Å². The summed E-state index contributed by atoms with van der Waals surface area (Å²) in [6, 6.07) is 13.0. The van der Waals surface area contributed by atoms with Gasteiger partial charge in [-0.25, -0.2) is 14.2 Å². The number of imidazole rings is 1. The molecule has 1 heterocycles. The lowest BCUT2D eigenvalue weighted by Gasteiger charge is -2.06. The number of nitrogens with zero attached hydrogens (tertiary/aromatic N) is 1. The van der Waals surface area contributed by atoms with E-state index >= 15 is 0 Å². The van der Waals surface area contributed by atoms with Crippen molar-refractivity contribution in [2.75, 3.05) is 11.9 Å². The maximum absolute atomic E-state index is 12.8. The molecule has 0 unspecified atom stereocenters. The van der Waals surface area contributed by atoms with E-state index < -0.39 is 0 Å². The summed E-state index contributed by atoms with van der Waals surface area (Å²) < 4.78 is 12.8. The van der Waals surface area contributed by atoms with Crippen molar-refractivity contribution in [1.29, 1.82) is 0 Å². The van der Waals surface area contributed by atoms with Gasteiger partial charge in [-0.2, -0.15) is 0 Å². The Balaban J connectivity index is 1.49. The standard InChI is InChI=1S/C16H15FN4O/c17-11-5-7-12(8-6-11)19-16(22)18-10-9-15-20-13-3-1-2-4-14(13)21-15/h1-8H,9-10H2,(H,20,21)(H2,18,19,22). The molecule has 0 fully saturated rings. The number of carbonyl (C=O) groups is 1. The highest BCUT2D eigenvalue weighted by Crippen LogP contribution is 2.10. The van der Waals surface area contributed by atoms with Crippen LogP contribution in [0.25, 0.3) is 11.0 Å². The summed E-state index contributed by atoms with van der Waals surface area (Å²) in [5.74, 6) is 0.485. The van der Waals surface area contributed by atoms with Crippen LogP contribution in [0.3, 0.4) is 0 Å². The lowest BCUT2D eigenvalue weighted by atomic mass is 10.3. The molecule has 3 N–H and O–H groups in total. The molecule has 5 nitrogen and oxygen atoms in total. The molecular weight excluding hydrogens is 283 g/mol. The second-order valence-electron chi connectivity index (χ2n) is 4.84. The highest BCUT2D eigenvalue weighted by atomic mass is 19.1. The zero-order chi connectivity index (χ0) is 15.4. The lowest BCUT2D eigenvalue weighted by Crippen LogP contribution is -2.30. The smallest absolute Gasteiger partial charge is 0.319 e. The number of H-pyrrole nitrogens is 1. The van der Waals surface area contributed by atoms with E-state index in [1.807, 2.05) is 24.3 Å². The van der Waals surface area contributed by atoms with Crippen molar-refractivity contribution in [3.8, 4) is 0 Å². The van der Waals surface area contributed by atoms with E-state index in [1.54, 1.807) is 0 Å². The number of fused-ring (bicyclic) bond motifs is 1. The molecule has 0 aliphatic rings. The van der Waals surface area contributed by atoms with E-state index in [1.165, 1.54) is 24.3 Å². The maximum atomic E-state index is 12.8. The van der Waals surface area contributed by atoms with Crippen molar-refractivity contribution in [3.63, 3.8) is 0 Å². The minimum atomic E-state index is -0.337. The Morgan fingerprint density at radius 1 is 1.14 bits per heavy atom. The highest BCUT2D eigenvalue weighted by molar-refractivity contribution is 5.89. The normalized spacial score (nSPS) is 10.6. The fraction of sp³-hybridized carbons (Fsp3) is 0.125. The topological polar surface area (TPSA) is 69.8 Å². The summed E-state index contributed by atoms with van der Waals surface area (Å²) in [6.07, 6.45) is 0.603. The zero-order valence-electron chi connectivity index (χ0n) is 11.8. The number of nitrogens with one attached hydrogen (secondary N) is 3. The molecule has 0 bridgehead atoms. The average molecular weight is 298 g/mol. The van der Waals surface area contributed by atoms with E-state index in [-0.39, 0.29) is 11.8 Å². The van der Waals surface area contributed by atoms with Gasteiger partial charge in [-0.05, 0) is 36.4 Å². The SMILES string of the molecule is O=C(NCCc1nc2ccccc2[nH]1)Nc1ccc(F)cc1. The van der Waals surface area contributed by atoms with Crippen molar-refractivity contribution in [2.45, 2.75) is 6.42 Å². The van der Waals surface area contributed by atoms with Crippen LogP contribution in [0.1, 0.15) is 5.82 Å². The van der Waals surface area contributed by atoms with Gasteiger partial charge in [-0.1, -0.05) is 12.1 Å². The first-order valence-electron chi connectivity index (χ1n) is 6.95. The lowest BCUT2D eigenvalue weighted by molar-refractivity contribution is 0.252. The van der Waals surface area contributed by atoms with Crippen molar-refractivity contribution < 1.29 is 9.18 Å². The number of amides is 2. The molecule has 0 spiro atoms. The van der Waals surface area contributed by atoms with E-state index in [2.05, 4.69) is 20.6 Å². The Morgan fingerprint density at radius 2 is 1.91 bits per heavy atom. The molecule has 0 saturated heterocycles. The molecule has 112 valence electrons. The Bertz CT molecular complexity index is 749. The Morgan fingerprint density at radius 3 is 2.68 bits per heavy atom. The molecule has 2 aromatic carbocycles. The first-order chi connectivity index (χ1) is 10.7. The van der Waals surface area contributed by atoms with Gasteiger partial charge >= 0.3 is 6.03 Å². The van der Waals surface area contributed by atoms with Crippen LogP contribution in [0.4, 0.5) is 14.9 Å². The number of halogens is 1. The van der Waals surface area contributed by atoms with Crippen molar-refractivity contribution in [2.24, 2.45) is 0 Å². The summed E-state index contributed by atoms with van der Waals surface area (Å²) >= 11 is 0. The number of anilines is 1. The summed E-state index contributed by atoms with van der Waals surface area (Å²) in [6.45, 7) is 0.451. The van der Waals surface area contributed by atoms with Gasteiger partial charge in [0.05, 0.1) is 11.0 Å². The van der Waals surface area contributed by atoms with Crippen molar-refractivity contribution in [1.82, 2.24) is 15.3 Å². The number of urea groups is 1. The molecule has 22 heavy (non-hydrogen) atoms. The maximum Gasteiger partial charge on any atom is 0.319 e. The van der Waals surface area contributed by atoms with E-state index in [4.69, 9.17) is 0 Å². The average Bonchev–Trinajstić information content (AvgIpc) is 2.92. The van der Waals surface area contributed by atoms with Gasteiger partial charge in [0.25, 0.3) is 0 Å². The van der Waals surface area contributed by atoms with E-state index in [9.17, 15) is 9.18 Å². The van der Waals surface area contributed by atoms with Crippen LogP contribution in [0.15, 0.2) is 48.5 Å². The summed E-state index contributed by atoms with van der Waals surface area (Å²) in [5, 5.41) is 5.37. The number of aromatic amines is 1. The van der Waals surface area contributed by atoms with Gasteiger partial charge < -0.3 is 15.6 Å². The minimum Gasteiger partial charge on any atom is -0.342 e. The largest absolute Gasteiger partial charge is 0.342 e. The zero-order valence-corrected chi connectivity index (χ0v) is 11.8. The summed E-state index contributed by atoms with van der Waals surface area (Å²) in [4.78, 5) is 19.3. The molecular formula is C16H15FN4O. The molecule has 0 aliphatic heterocycles. The van der Waals surface area contributed by atoms with Crippen molar-refractivity contribution >= 4 is 22.8 Å². The highest BCUT2D eigenvalue weighted by Gasteiger charge is 2.04. The molecule has 1 aromatic heterocycles. The third-order valence-corrected chi connectivity index (χ3v) is 3.19. The van der Waals surface area contributed by atoms with Crippen LogP contribution in [-0.4, -0.2) is 22.5 Å². The molecule has 2 amide bonds. The predicted octanol–water partition coefficient (Wildman–Crippen LogP) is 3.07. The minimum absolute atomic E-state index is 0.331. The molecule has 6 heteroatoms. The quantitative estimate of drug-likeness (QED) is 0.693. The number of carbonyl (C=O) groups excluding carboxylic acids is 1. The molecule has 0 saturated carbocycles. The van der Waals surface area contributed by atoms with E-state index in [0.29, 0.717) is 18.7 Å². The Hall–Kier alpha value is -2.89. The molecule has 3 rings (SSSR count). The number of hydrogen-bond acceptors (Lipinski definition) is 2. The molecule has 3 aromatic rings.